The molecule has 0 bridgehead atoms. The summed E-state index contributed by atoms with van der Waals surface area (Å²) in [4.78, 5) is 33.6. The molecule has 0 spiro atoms. The summed E-state index contributed by atoms with van der Waals surface area (Å²) in [5, 5.41) is 2.93. The van der Waals surface area contributed by atoms with E-state index < -0.39 is 0 Å². The Bertz CT molecular complexity index is 786. The van der Waals surface area contributed by atoms with E-state index in [0.717, 1.165) is 38.2 Å². The molecule has 0 saturated carbocycles. The van der Waals surface area contributed by atoms with Crippen LogP contribution in [0, 0.1) is 0 Å². The molecule has 6 heteroatoms. The summed E-state index contributed by atoms with van der Waals surface area (Å²) >= 11 is 0. The summed E-state index contributed by atoms with van der Waals surface area (Å²) in [5.41, 5.74) is 1.10. The van der Waals surface area contributed by atoms with E-state index in [2.05, 4.69) is 22.1 Å². The molecule has 148 valence electrons. The van der Waals surface area contributed by atoms with Gasteiger partial charge in [-0.15, -0.1) is 0 Å². The van der Waals surface area contributed by atoms with Crippen LogP contribution in [0.25, 0.3) is 0 Å². The number of rotatable bonds is 7. The number of aromatic nitrogens is 1. The molecule has 1 fully saturated rings. The first-order chi connectivity index (χ1) is 13.7. The minimum absolute atomic E-state index is 0.0266. The Morgan fingerprint density at radius 3 is 2.50 bits per heavy atom. The Labute approximate surface area is 166 Å². The Morgan fingerprint density at radius 1 is 1.00 bits per heavy atom. The Kier molecular flexibility index (Phi) is 7.00. The van der Waals surface area contributed by atoms with Gasteiger partial charge in [0.05, 0.1) is 0 Å². The van der Waals surface area contributed by atoms with Crippen molar-refractivity contribution >= 4 is 17.6 Å². The molecule has 1 N–H and O–H groups in total. The Balaban J connectivity index is 1.57. The topological polar surface area (TPSA) is 65.5 Å². The van der Waals surface area contributed by atoms with E-state index in [1.165, 1.54) is 0 Å². The molecule has 6 nitrogen and oxygen atoms in total. The molecule has 2 heterocycles. The van der Waals surface area contributed by atoms with Gasteiger partial charge in [-0.2, -0.15) is 0 Å². The maximum Gasteiger partial charge on any atom is 0.253 e. The van der Waals surface area contributed by atoms with Crippen molar-refractivity contribution in [2.75, 3.05) is 37.6 Å². The summed E-state index contributed by atoms with van der Waals surface area (Å²) in [6.07, 6.45) is 4.98. The van der Waals surface area contributed by atoms with Crippen LogP contribution in [-0.2, 0) is 0 Å². The second-order valence-electron chi connectivity index (χ2n) is 7.01. The van der Waals surface area contributed by atoms with Crippen LogP contribution < -0.4 is 10.2 Å². The van der Waals surface area contributed by atoms with Gasteiger partial charge in [0.15, 0.2) is 0 Å². The van der Waals surface area contributed by atoms with Gasteiger partial charge in [-0.25, -0.2) is 4.98 Å². The van der Waals surface area contributed by atoms with Gasteiger partial charge in [-0.1, -0.05) is 31.9 Å². The van der Waals surface area contributed by atoms with Crippen molar-refractivity contribution in [2.24, 2.45) is 0 Å². The summed E-state index contributed by atoms with van der Waals surface area (Å²) in [6, 6.07) is 12.9. The van der Waals surface area contributed by atoms with Gasteiger partial charge in [0, 0.05) is 50.0 Å². The van der Waals surface area contributed by atoms with Crippen LogP contribution in [0.15, 0.2) is 48.7 Å². The van der Waals surface area contributed by atoms with Crippen molar-refractivity contribution < 1.29 is 9.59 Å². The molecule has 1 aliphatic heterocycles. The zero-order chi connectivity index (χ0) is 19.8. The van der Waals surface area contributed by atoms with Gasteiger partial charge in [0.25, 0.3) is 11.8 Å². The zero-order valence-corrected chi connectivity index (χ0v) is 16.4. The molecule has 0 atom stereocenters. The highest BCUT2D eigenvalue weighted by Gasteiger charge is 2.23. The second-order valence-corrected chi connectivity index (χ2v) is 7.01. The number of nitrogens with zero attached hydrogens (tertiary/aromatic N) is 3. The van der Waals surface area contributed by atoms with Gasteiger partial charge >= 0.3 is 0 Å². The van der Waals surface area contributed by atoms with Gasteiger partial charge in [-0.05, 0) is 36.8 Å². The lowest BCUT2D eigenvalue weighted by atomic mass is 10.1. The maximum atomic E-state index is 12.9. The first-order valence-electron chi connectivity index (χ1n) is 10.0. The third kappa shape index (κ3) is 5.09. The van der Waals surface area contributed by atoms with Crippen LogP contribution >= 0.6 is 0 Å². The largest absolute Gasteiger partial charge is 0.353 e. The van der Waals surface area contributed by atoms with Gasteiger partial charge < -0.3 is 15.1 Å². The predicted octanol–water partition coefficient (Wildman–Crippen LogP) is 2.96. The summed E-state index contributed by atoms with van der Waals surface area (Å²) in [6.45, 7) is 5.58. The number of nitrogens with one attached hydrogen (secondary N) is 1. The molecule has 28 heavy (non-hydrogen) atoms. The third-order valence-corrected chi connectivity index (χ3v) is 4.98. The van der Waals surface area contributed by atoms with Crippen LogP contribution in [0.1, 0.15) is 46.9 Å². The van der Waals surface area contributed by atoms with Crippen molar-refractivity contribution in [2.45, 2.75) is 26.2 Å². The first-order valence-corrected chi connectivity index (χ1v) is 10.0. The van der Waals surface area contributed by atoms with Crippen molar-refractivity contribution in [3.05, 3.63) is 59.8 Å². The summed E-state index contributed by atoms with van der Waals surface area (Å²) in [7, 11) is 0. The van der Waals surface area contributed by atoms with Crippen molar-refractivity contribution in [3.8, 4) is 0 Å². The normalized spacial score (nSPS) is 14.0. The zero-order valence-electron chi connectivity index (χ0n) is 16.4. The lowest BCUT2D eigenvalue weighted by Crippen LogP contribution is -2.49. The van der Waals surface area contributed by atoms with E-state index in [1.54, 1.807) is 30.5 Å². The molecular formula is C22H28N4O2. The fourth-order valence-electron chi connectivity index (χ4n) is 3.33. The lowest BCUT2D eigenvalue weighted by molar-refractivity contribution is 0.0746. The molecule has 0 aliphatic carbocycles. The van der Waals surface area contributed by atoms with Crippen molar-refractivity contribution in [1.29, 1.82) is 0 Å². The van der Waals surface area contributed by atoms with E-state index in [-0.39, 0.29) is 11.8 Å². The number of unbranched alkanes of at least 4 members (excludes halogenated alkanes) is 2. The number of piperazine rings is 1. The molecule has 1 aliphatic rings. The highest BCUT2D eigenvalue weighted by Crippen LogP contribution is 2.15. The monoisotopic (exact) mass is 380 g/mol. The maximum absolute atomic E-state index is 12.9. The minimum atomic E-state index is -0.120. The predicted molar refractivity (Wildman–Crippen MR) is 111 cm³/mol. The summed E-state index contributed by atoms with van der Waals surface area (Å²) < 4.78 is 0. The molecule has 0 unspecified atom stereocenters. The highest BCUT2D eigenvalue weighted by atomic mass is 16.2. The van der Waals surface area contributed by atoms with E-state index >= 15 is 0 Å². The van der Waals surface area contributed by atoms with E-state index in [1.807, 2.05) is 23.1 Å². The van der Waals surface area contributed by atoms with E-state index in [4.69, 9.17) is 0 Å². The van der Waals surface area contributed by atoms with Crippen LogP contribution in [-0.4, -0.2) is 54.4 Å². The standard InChI is InChI=1S/C22H28N4O2/c1-2-3-5-12-24-21(27)18-8-7-9-19(17-18)22(28)26-15-13-25(14-16-26)20-10-4-6-11-23-20/h4,6-11,17H,2-3,5,12-16H2,1H3,(H,24,27). The van der Waals surface area contributed by atoms with Crippen LogP contribution in [0.3, 0.4) is 0 Å². The van der Waals surface area contributed by atoms with Crippen LogP contribution in [0.2, 0.25) is 0 Å². The number of pyridine rings is 1. The molecule has 1 saturated heterocycles. The number of hydrogen-bond donors (Lipinski definition) is 1. The van der Waals surface area contributed by atoms with E-state index in [0.29, 0.717) is 30.8 Å². The molecule has 3 rings (SSSR count). The number of hydrogen-bond acceptors (Lipinski definition) is 4. The SMILES string of the molecule is CCCCCNC(=O)c1cccc(C(=O)N2CCN(c3ccccn3)CC2)c1. The lowest BCUT2D eigenvalue weighted by Gasteiger charge is -2.35. The van der Waals surface area contributed by atoms with Gasteiger partial charge in [0.1, 0.15) is 5.82 Å². The highest BCUT2D eigenvalue weighted by molar-refractivity contribution is 5.99. The first kappa shape index (κ1) is 19.9. The Morgan fingerprint density at radius 2 is 1.79 bits per heavy atom. The molecule has 2 amide bonds. The summed E-state index contributed by atoms with van der Waals surface area (Å²) in [5.74, 6) is 0.795. The van der Waals surface area contributed by atoms with Crippen molar-refractivity contribution in [1.82, 2.24) is 15.2 Å². The number of anilines is 1. The number of carbonyl (C=O) groups is 2. The molecular weight excluding hydrogens is 352 g/mol. The van der Waals surface area contributed by atoms with Crippen LogP contribution in [0.5, 0.6) is 0 Å². The van der Waals surface area contributed by atoms with Gasteiger partial charge in [0.2, 0.25) is 0 Å². The smallest absolute Gasteiger partial charge is 0.253 e. The van der Waals surface area contributed by atoms with Crippen LogP contribution in [0.4, 0.5) is 5.82 Å². The number of benzene rings is 1. The average Bonchev–Trinajstić information content (AvgIpc) is 2.77. The molecule has 1 aromatic heterocycles. The second kappa shape index (κ2) is 9.88. The number of amides is 2. The number of carbonyl (C=O) groups excluding carboxylic acids is 2. The molecule has 1 aromatic carbocycles. The Hall–Kier alpha value is -2.89. The average molecular weight is 380 g/mol. The molecule has 0 radical (unpaired) electrons. The quantitative estimate of drug-likeness (QED) is 0.750. The fraction of sp³-hybridized carbons (Fsp3) is 0.409. The fourth-order valence-corrected chi connectivity index (χ4v) is 3.33. The van der Waals surface area contributed by atoms with Gasteiger partial charge in [-0.3, -0.25) is 9.59 Å². The third-order valence-electron chi connectivity index (χ3n) is 4.98. The van der Waals surface area contributed by atoms with E-state index in [9.17, 15) is 9.59 Å². The molecule has 2 aromatic rings. The minimum Gasteiger partial charge on any atom is -0.353 e. The van der Waals surface area contributed by atoms with Crippen molar-refractivity contribution in [3.63, 3.8) is 0 Å².